The number of nitrogens with zero attached hydrogens (tertiary/aromatic N) is 2. The summed E-state index contributed by atoms with van der Waals surface area (Å²) < 4.78 is 37.3. The molecule has 3 rings (SSSR count). The molecule has 0 spiro atoms. The number of anilines is 1. The van der Waals surface area contributed by atoms with Crippen molar-refractivity contribution in [3.05, 3.63) is 59.1 Å². The van der Waals surface area contributed by atoms with Gasteiger partial charge in [-0.05, 0) is 37.3 Å². The number of carbonyl (C=O) groups is 2. The Labute approximate surface area is 186 Å². The lowest BCUT2D eigenvalue weighted by atomic mass is 10.2. The molecule has 8 nitrogen and oxygen atoms in total. The van der Waals surface area contributed by atoms with Gasteiger partial charge in [0.25, 0.3) is 5.91 Å². The molecule has 0 saturated carbocycles. The van der Waals surface area contributed by atoms with Gasteiger partial charge in [-0.2, -0.15) is 4.31 Å². The Hall–Kier alpha value is -2.46. The van der Waals surface area contributed by atoms with Crippen molar-refractivity contribution in [1.82, 2.24) is 4.31 Å². The highest BCUT2D eigenvalue weighted by molar-refractivity contribution is 7.89. The summed E-state index contributed by atoms with van der Waals surface area (Å²) in [5, 5.41) is 0.0359. The highest BCUT2D eigenvalue weighted by Gasteiger charge is 2.28. The van der Waals surface area contributed by atoms with Crippen LogP contribution in [-0.4, -0.2) is 64.1 Å². The van der Waals surface area contributed by atoms with Crippen LogP contribution in [0.4, 0.5) is 5.69 Å². The predicted octanol–water partition coefficient (Wildman–Crippen LogP) is 2.57. The van der Waals surface area contributed by atoms with Gasteiger partial charge in [0.05, 0.1) is 28.7 Å². The molecule has 0 N–H and O–H groups in total. The van der Waals surface area contributed by atoms with E-state index >= 15 is 0 Å². The molecule has 0 unspecified atom stereocenters. The standard InChI is InChI=1S/C21H23ClN2O6S/c1-2-24(16-6-4-3-5-7-16)20(25)15-30-21(26)18-14-17(8-9-19(18)22)31(27,28)23-10-12-29-13-11-23/h3-9,14H,2,10-13,15H2,1H3. The van der Waals surface area contributed by atoms with E-state index < -0.39 is 28.5 Å². The number of likely N-dealkylation sites (N-methyl/N-ethyl adjacent to an activating group) is 1. The average Bonchev–Trinajstić information content (AvgIpc) is 2.79. The third-order valence-corrected chi connectivity index (χ3v) is 7.00. The molecule has 10 heteroatoms. The first kappa shape index (κ1) is 23.2. The number of esters is 1. The van der Waals surface area contributed by atoms with E-state index in [4.69, 9.17) is 21.1 Å². The van der Waals surface area contributed by atoms with Gasteiger partial charge in [-0.25, -0.2) is 13.2 Å². The van der Waals surface area contributed by atoms with Gasteiger partial charge in [-0.3, -0.25) is 4.79 Å². The number of hydrogen-bond acceptors (Lipinski definition) is 6. The Morgan fingerprint density at radius 2 is 1.81 bits per heavy atom. The molecule has 1 aliphatic heterocycles. The van der Waals surface area contributed by atoms with E-state index in [0.717, 1.165) is 0 Å². The summed E-state index contributed by atoms with van der Waals surface area (Å²) >= 11 is 6.10. The lowest BCUT2D eigenvalue weighted by Gasteiger charge is -2.26. The highest BCUT2D eigenvalue weighted by Crippen LogP contribution is 2.24. The molecule has 31 heavy (non-hydrogen) atoms. The van der Waals surface area contributed by atoms with Gasteiger partial charge >= 0.3 is 5.97 Å². The number of hydrogen-bond donors (Lipinski definition) is 0. The number of carbonyl (C=O) groups excluding carboxylic acids is 2. The Kier molecular flexibility index (Phi) is 7.66. The minimum atomic E-state index is -3.81. The van der Waals surface area contributed by atoms with Gasteiger partial charge in [-0.1, -0.05) is 29.8 Å². The largest absolute Gasteiger partial charge is 0.452 e. The molecule has 1 aliphatic rings. The number of para-hydroxylation sites is 1. The van der Waals surface area contributed by atoms with Crippen LogP contribution in [0.5, 0.6) is 0 Å². The molecular formula is C21H23ClN2O6S. The second-order valence-corrected chi connectivity index (χ2v) is 9.05. The van der Waals surface area contributed by atoms with Crippen molar-refractivity contribution in [3.8, 4) is 0 Å². The van der Waals surface area contributed by atoms with Gasteiger partial charge < -0.3 is 14.4 Å². The van der Waals surface area contributed by atoms with Crippen LogP contribution in [0, 0.1) is 0 Å². The van der Waals surface area contributed by atoms with Crippen molar-refractivity contribution in [2.45, 2.75) is 11.8 Å². The lowest BCUT2D eigenvalue weighted by Crippen LogP contribution is -2.40. The molecule has 0 atom stereocenters. The molecule has 0 radical (unpaired) electrons. The monoisotopic (exact) mass is 466 g/mol. The first-order chi connectivity index (χ1) is 14.8. The molecule has 2 aromatic rings. The van der Waals surface area contributed by atoms with Crippen LogP contribution in [0.1, 0.15) is 17.3 Å². The number of ether oxygens (including phenoxy) is 2. The van der Waals surface area contributed by atoms with Gasteiger partial charge in [-0.15, -0.1) is 0 Å². The van der Waals surface area contributed by atoms with Crippen molar-refractivity contribution >= 4 is 39.2 Å². The maximum atomic E-state index is 12.8. The summed E-state index contributed by atoms with van der Waals surface area (Å²) in [5.74, 6) is -1.28. The Balaban J connectivity index is 1.73. The van der Waals surface area contributed by atoms with Gasteiger partial charge in [0, 0.05) is 25.3 Å². The van der Waals surface area contributed by atoms with Crippen molar-refractivity contribution < 1.29 is 27.5 Å². The molecule has 2 aromatic carbocycles. The second-order valence-electron chi connectivity index (χ2n) is 6.71. The van der Waals surface area contributed by atoms with E-state index in [2.05, 4.69) is 0 Å². The van der Waals surface area contributed by atoms with Crippen molar-refractivity contribution in [2.75, 3.05) is 44.4 Å². The summed E-state index contributed by atoms with van der Waals surface area (Å²) in [7, 11) is -3.81. The normalized spacial score (nSPS) is 14.8. The molecule has 0 aromatic heterocycles. The molecule has 166 valence electrons. The molecule has 1 amide bonds. The van der Waals surface area contributed by atoms with Gasteiger partial charge in [0.1, 0.15) is 0 Å². The zero-order chi connectivity index (χ0) is 22.4. The van der Waals surface area contributed by atoms with E-state index in [1.165, 1.54) is 27.4 Å². The molecule has 1 fully saturated rings. The Morgan fingerprint density at radius 1 is 1.13 bits per heavy atom. The fourth-order valence-corrected chi connectivity index (χ4v) is 4.78. The quantitative estimate of drug-likeness (QED) is 0.582. The first-order valence-corrected chi connectivity index (χ1v) is 11.6. The fourth-order valence-electron chi connectivity index (χ4n) is 3.15. The minimum Gasteiger partial charge on any atom is -0.452 e. The average molecular weight is 467 g/mol. The number of rotatable bonds is 7. The summed E-state index contributed by atoms with van der Waals surface area (Å²) in [6.07, 6.45) is 0. The zero-order valence-electron chi connectivity index (χ0n) is 17.0. The van der Waals surface area contributed by atoms with Crippen LogP contribution in [-0.2, 0) is 24.3 Å². The third-order valence-electron chi connectivity index (χ3n) is 4.78. The summed E-state index contributed by atoms with van der Waals surface area (Å²) in [5.41, 5.74) is 0.564. The molecule has 1 saturated heterocycles. The van der Waals surface area contributed by atoms with Crippen LogP contribution in [0.15, 0.2) is 53.4 Å². The number of benzene rings is 2. The van der Waals surface area contributed by atoms with Crippen molar-refractivity contribution in [2.24, 2.45) is 0 Å². The van der Waals surface area contributed by atoms with Crippen LogP contribution in [0.25, 0.3) is 0 Å². The van der Waals surface area contributed by atoms with Gasteiger partial charge in [0.15, 0.2) is 6.61 Å². The maximum Gasteiger partial charge on any atom is 0.340 e. The number of morpholine rings is 1. The SMILES string of the molecule is CCN(C(=O)COC(=O)c1cc(S(=O)(=O)N2CCOCC2)ccc1Cl)c1ccccc1. The predicted molar refractivity (Wildman–Crippen MR) is 116 cm³/mol. The van der Waals surface area contributed by atoms with Crippen molar-refractivity contribution in [1.29, 1.82) is 0 Å². The van der Waals surface area contributed by atoms with Crippen LogP contribution >= 0.6 is 11.6 Å². The zero-order valence-corrected chi connectivity index (χ0v) is 18.6. The fraction of sp³-hybridized carbons (Fsp3) is 0.333. The topological polar surface area (TPSA) is 93.2 Å². The molecular weight excluding hydrogens is 444 g/mol. The molecule has 1 heterocycles. The summed E-state index contributed by atoms with van der Waals surface area (Å²) in [6.45, 7) is 2.77. The van der Waals surface area contributed by atoms with Crippen LogP contribution in [0.2, 0.25) is 5.02 Å². The Bertz CT molecular complexity index is 1040. The summed E-state index contributed by atoms with van der Waals surface area (Å²) in [6, 6.07) is 12.8. The highest BCUT2D eigenvalue weighted by atomic mass is 35.5. The second kappa shape index (κ2) is 10.2. The lowest BCUT2D eigenvalue weighted by molar-refractivity contribution is -0.121. The smallest absolute Gasteiger partial charge is 0.340 e. The molecule has 0 aliphatic carbocycles. The number of amides is 1. The molecule has 0 bridgehead atoms. The van der Waals surface area contributed by atoms with Crippen LogP contribution < -0.4 is 4.90 Å². The Morgan fingerprint density at radius 3 is 2.45 bits per heavy atom. The van der Waals surface area contributed by atoms with E-state index in [1.54, 1.807) is 24.3 Å². The minimum absolute atomic E-state index is 0.0359. The summed E-state index contributed by atoms with van der Waals surface area (Å²) in [4.78, 5) is 26.5. The van der Waals surface area contributed by atoms with E-state index in [9.17, 15) is 18.0 Å². The first-order valence-electron chi connectivity index (χ1n) is 9.74. The maximum absolute atomic E-state index is 12.8. The number of halogens is 1. The third kappa shape index (κ3) is 5.43. The van der Waals surface area contributed by atoms with E-state index in [1.807, 2.05) is 13.0 Å². The number of sulfonamides is 1. The van der Waals surface area contributed by atoms with E-state index in [0.29, 0.717) is 25.4 Å². The van der Waals surface area contributed by atoms with Gasteiger partial charge in [0.2, 0.25) is 10.0 Å². The van der Waals surface area contributed by atoms with Crippen LogP contribution in [0.3, 0.4) is 0 Å². The van der Waals surface area contributed by atoms with Crippen molar-refractivity contribution in [3.63, 3.8) is 0 Å². The van der Waals surface area contributed by atoms with E-state index in [-0.39, 0.29) is 28.6 Å².